The summed E-state index contributed by atoms with van der Waals surface area (Å²) in [6, 6.07) is 8.00. The van der Waals surface area contributed by atoms with E-state index in [-0.39, 0.29) is 0 Å². The third-order valence-electron chi connectivity index (χ3n) is 2.49. The molecule has 0 spiro atoms. The smallest absolute Gasteiger partial charge is 0.119 e. The van der Waals surface area contributed by atoms with Gasteiger partial charge in [0.2, 0.25) is 0 Å². The summed E-state index contributed by atoms with van der Waals surface area (Å²) in [4.78, 5) is 2.35. The zero-order chi connectivity index (χ0) is 10.5. The fourth-order valence-corrected chi connectivity index (χ4v) is 1.44. The Morgan fingerprint density at radius 2 is 2.20 bits per heavy atom. The van der Waals surface area contributed by atoms with Crippen LogP contribution >= 0.6 is 0 Å². The number of benzene rings is 1. The van der Waals surface area contributed by atoms with Gasteiger partial charge < -0.3 is 9.47 Å². The number of hydrogen-bond donors (Lipinski definition) is 0. The van der Waals surface area contributed by atoms with Crippen molar-refractivity contribution in [2.45, 2.75) is 6.61 Å². The van der Waals surface area contributed by atoms with Crippen LogP contribution in [-0.2, 0) is 11.3 Å². The molecule has 0 bridgehead atoms. The lowest BCUT2D eigenvalue weighted by molar-refractivity contribution is 0.114. The van der Waals surface area contributed by atoms with Gasteiger partial charge in [-0.2, -0.15) is 0 Å². The molecule has 0 N–H and O–H groups in total. The minimum absolute atomic E-state index is 0.672. The molecule has 1 aromatic rings. The van der Waals surface area contributed by atoms with E-state index in [0.717, 1.165) is 18.9 Å². The van der Waals surface area contributed by atoms with Crippen LogP contribution in [0.25, 0.3) is 0 Å². The van der Waals surface area contributed by atoms with Gasteiger partial charge in [-0.05, 0) is 17.7 Å². The fraction of sp³-hybridized carbons (Fsp3) is 0.500. The predicted molar refractivity (Wildman–Crippen MR) is 59.1 cm³/mol. The third kappa shape index (κ3) is 3.53. The van der Waals surface area contributed by atoms with E-state index in [1.54, 1.807) is 7.11 Å². The van der Waals surface area contributed by atoms with Crippen molar-refractivity contribution in [3.05, 3.63) is 29.8 Å². The van der Waals surface area contributed by atoms with Gasteiger partial charge in [0, 0.05) is 19.6 Å². The minimum Gasteiger partial charge on any atom is -0.497 e. The molecule has 0 unspecified atom stereocenters. The second kappa shape index (κ2) is 5.14. The molecule has 0 amide bonds. The van der Waals surface area contributed by atoms with Gasteiger partial charge in [-0.1, -0.05) is 12.1 Å². The van der Waals surface area contributed by atoms with Crippen LogP contribution in [0, 0.1) is 0 Å². The molecule has 2 rings (SSSR count). The highest BCUT2D eigenvalue weighted by molar-refractivity contribution is 5.27. The molecule has 1 fully saturated rings. The van der Waals surface area contributed by atoms with Crippen LogP contribution in [0.5, 0.6) is 5.75 Å². The Kier molecular flexibility index (Phi) is 3.59. The Balaban J connectivity index is 1.71. The van der Waals surface area contributed by atoms with Crippen molar-refractivity contribution in [3.8, 4) is 5.75 Å². The van der Waals surface area contributed by atoms with Crippen LogP contribution in [0.3, 0.4) is 0 Å². The summed E-state index contributed by atoms with van der Waals surface area (Å²) in [5.74, 6) is 0.891. The SMILES string of the molecule is COc1cccc(COCCN2CC2)c1. The Labute approximate surface area is 90.6 Å². The summed E-state index contributed by atoms with van der Waals surface area (Å²) in [5.41, 5.74) is 1.17. The molecule has 0 aromatic heterocycles. The molecule has 1 aliphatic rings. The van der Waals surface area contributed by atoms with Crippen LogP contribution in [0.4, 0.5) is 0 Å². The quantitative estimate of drug-likeness (QED) is 0.521. The molecular formula is C12H17NO2. The van der Waals surface area contributed by atoms with Gasteiger partial charge in [0.25, 0.3) is 0 Å². The number of rotatable bonds is 6. The zero-order valence-corrected chi connectivity index (χ0v) is 9.11. The van der Waals surface area contributed by atoms with Gasteiger partial charge in [0.05, 0.1) is 20.3 Å². The maximum atomic E-state index is 5.57. The summed E-state index contributed by atoms with van der Waals surface area (Å²) in [5, 5.41) is 0. The van der Waals surface area contributed by atoms with Crippen LogP contribution in [0.15, 0.2) is 24.3 Å². The van der Waals surface area contributed by atoms with Gasteiger partial charge in [0.1, 0.15) is 5.75 Å². The first-order valence-corrected chi connectivity index (χ1v) is 5.31. The van der Waals surface area contributed by atoms with Crippen molar-refractivity contribution in [1.29, 1.82) is 0 Å². The lowest BCUT2D eigenvalue weighted by Crippen LogP contribution is -2.07. The average molecular weight is 207 g/mol. The first-order chi connectivity index (χ1) is 7.38. The van der Waals surface area contributed by atoms with Crippen LogP contribution < -0.4 is 4.74 Å². The number of hydrogen-bond acceptors (Lipinski definition) is 3. The maximum Gasteiger partial charge on any atom is 0.119 e. The molecule has 15 heavy (non-hydrogen) atoms. The number of methoxy groups -OCH3 is 1. The number of nitrogens with zero attached hydrogens (tertiary/aromatic N) is 1. The van der Waals surface area contributed by atoms with Crippen LogP contribution in [0.1, 0.15) is 5.56 Å². The van der Waals surface area contributed by atoms with E-state index < -0.39 is 0 Å². The molecule has 0 atom stereocenters. The van der Waals surface area contributed by atoms with E-state index in [2.05, 4.69) is 11.0 Å². The Bertz CT molecular complexity index is 310. The average Bonchev–Trinajstić information content (AvgIpc) is 3.09. The molecule has 0 saturated carbocycles. The molecule has 0 aliphatic carbocycles. The van der Waals surface area contributed by atoms with Crippen LogP contribution in [-0.4, -0.2) is 38.3 Å². The highest BCUT2D eigenvalue weighted by Crippen LogP contribution is 2.13. The highest BCUT2D eigenvalue weighted by atomic mass is 16.5. The second-order valence-electron chi connectivity index (χ2n) is 3.75. The normalized spacial score (nSPS) is 15.3. The summed E-state index contributed by atoms with van der Waals surface area (Å²) in [6.07, 6.45) is 0. The zero-order valence-electron chi connectivity index (χ0n) is 9.11. The minimum atomic E-state index is 0.672. The Morgan fingerprint density at radius 3 is 2.93 bits per heavy atom. The molecule has 3 heteroatoms. The molecule has 1 aliphatic heterocycles. The lowest BCUT2D eigenvalue weighted by atomic mass is 10.2. The van der Waals surface area contributed by atoms with Gasteiger partial charge in [-0.3, -0.25) is 4.90 Å². The summed E-state index contributed by atoms with van der Waals surface area (Å²) >= 11 is 0. The van der Waals surface area contributed by atoms with Crippen molar-refractivity contribution in [2.75, 3.05) is 33.4 Å². The highest BCUT2D eigenvalue weighted by Gasteiger charge is 2.15. The molecule has 3 nitrogen and oxygen atoms in total. The van der Waals surface area contributed by atoms with E-state index in [1.165, 1.54) is 18.7 Å². The van der Waals surface area contributed by atoms with Gasteiger partial charge in [0.15, 0.2) is 0 Å². The fourth-order valence-electron chi connectivity index (χ4n) is 1.44. The summed E-state index contributed by atoms with van der Waals surface area (Å²) in [7, 11) is 1.68. The molecular weight excluding hydrogens is 190 g/mol. The van der Waals surface area contributed by atoms with Crippen molar-refractivity contribution in [3.63, 3.8) is 0 Å². The third-order valence-corrected chi connectivity index (χ3v) is 2.49. The van der Waals surface area contributed by atoms with E-state index >= 15 is 0 Å². The summed E-state index contributed by atoms with van der Waals surface area (Å²) < 4.78 is 10.7. The Hall–Kier alpha value is -1.06. The first kappa shape index (κ1) is 10.5. The largest absolute Gasteiger partial charge is 0.497 e. The van der Waals surface area contributed by atoms with Crippen molar-refractivity contribution >= 4 is 0 Å². The first-order valence-electron chi connectivity index (χ1n) is 5.31. The lowest BCUT2D eigenvalue weighted by Gasteiger charge is -2.06. The molecule has 1 heterocycles. The van der Waals surface area contributed by atoms with Crippen molar-refractivity contribution in [2.24, 2.45) is 0 Å². The predicted octanol–water partition coefficient (Wildman–Crippen LogP) is 1.53. The van der Waals surface area contributed by atoms with Crippen LogP contribution in [0.2, 0.25) is 0 Å². The second-order valence-corrected chi connectivity index (χ2v) is 3.75. The number of ether oxygens (including phenoxy) is 2. The summed E-state index contributed by atoms with van der Waals surface area (Å²) in [6.45, 7) is 5.03. The Morgan fingerprint density at radius 1 is 1.33 bits per heavy atom. The van der Waals surface area contributed by atoms with Gasteiger partial charge in [-0.25, -0.2) is 0 Å². The van der Waals surface area contributed by atoms with E-state index in [9.17, 15) is 0 Å². The van der Waals surface area contributed by atoms with E-state index in [1.807, 2.05) is 18.2 Å². The van der Waals surface area contributed by atoms with Gasteiger partial charge in [-0.15, -0.1) is 0 Å². The van der Waals surface area contributed by atoms with Crippen molar-refractivity contribution < 1.29 is 9.47 Å². The topological polar surface area (TPSA) is 21.5 Å². The molecule has 0 radical (unpaired) electrons. The molecule has 1 aromatic carbocycles. The van der Waals surface area contributed by atoms with Gasteiger partial charge >= 0.3 is 0 Å². The molecule has 1 saturated heterocycles. The van der Waals surface area contributed by atoms with E-state index in [0.29, 0.717) is 6.61 Å². The van der Waals surface area contributed by atoms with E-state index in [4.69, 9.17) is 9.47 Å². The molecule has 82 valence electrons. The monoisotopic (exact) mass is 207 g/mol. The van der Waals surface area contributed by atoms with Crippen molar-refractivity contribution in [1.82, 2.24) is 4.90 Å². The standard InChI is InChI=1S/C12H17NO2/c1-14-12-4-2-3-11(9-12)10-15-8-7-13-5-6-13/h2-4,9H,5-8,10H2,1H3. The maximum absolute atomic E-state index is 5.57.